The van der Waals surface area contributed by atoms with E-state index in [1.807, 2.05) is 24.3 Å². The van der Waals surface area contributed by atoms with Crippen LogP contribution < -0.4 is 4.74 Å². The van der Waals surface area contributed by atoms with E-state index in [9.17, 15) is 13.2 Å². The first-order valence-electron chi connectivity index (χ1n) is 11.4. The van der Waals surface area contributed by atoms with Gasteiger partial charge < -0.3 is 9.64 Å². The highest BCUT2D eigenvalue weighted by Gasteiger charge is 2.35. The zero-order valence-electron chi connectivity index (χ0n) is 19.6. The Morgan fingerprint density at radius 3 is 2.25 bits per heavy atom. The number of nitrogens with zero attached hydrogens (tertiary/aromatic N) is 1. The van der Waals surface area contributed by atoms with Crippen LogP contribution in [0.15, 0.2) is 48.5 Å². The van der Waals surface area contributed by atoms with Crippen LogP contribution in [0.25, 0.3) is 0 Å². The molecule has 0 bridgehead atoms. The van der Waals surface area contributed by atoms with Crippen molar-refractivity contribution in [1.82, 2.24) is 4.90 Å². The highest BCUT2D eigenvalue weighted by atomic mass is 32.2. The monoisotopic (exact) mass is 457 g/mol. The van der Waals surface area contributed by atoms with Crippen molar-refractivity contribution in [3.05, 3.63) is 65.2 Å². The van der Waals surface area contributed by atoms with Crippen LogP contribution in [-0.4, -0.2) is 43.4 Å². The summed E-state index contributed by atoms with van der Waals surface area (Å²) in [5.74, 6) is 0.751. The van der Waals surface area contributed by atoms with Crippen LogP contribution in [0.3, 0.4) is 0 Å². The predicted molar refractivity (Wildman–Crippen MR) is 129 cm³/mol. The Balaban J connectivity index is 1.80. The van der Waals surface area contributed by atoms with E-state index in [1.54, 1.807) is 17.0 Å². The molecule has 5 nitrogen and oxygen atoms in total. The first-order valence-corrected chi connectivity index (χ1v) is 13.2. The molecule has 1 aliphatic rings. The number of amides is 1. The van der Waals surface area contributed by atoms with Gasteiger partial charge in [0.25, 0.3) is 5.91 Å². The molecule has 0 aromatic heterocycles. The first kappa shape index (κ1) is 24.3. The van der Waals surface area contributed by atoms with Crippen molar-refractivity contribution in [3.8, 4) is 5.75 Å². The molecule has 1 amide bonds. The third-order valence-electron chi connectivity index (χ3n) is 5.95. The van der Waals surface area contributed by atoms with Gasteiger partial charge in [-0.25, -0.2) is 8.42 Å². The number of carbonyl (C=O) groups excluding carboxylic acids is 1. The molecular formula is C26H35NO4S. The van der Waals surface area contributed by atoms with Crippen molar-refractivity contribution >= 4 is 15.7 Å². The Bertz CT molecular complexity index is 1010. The van der Waals surface area contributed by atoms with E-state index in [1.165, 1.54) is 5.56 Å². The number of sulfone groups is 1. The van der Waals surface area contributed by atoms with Crippen molar-refractivity contribution in [2.45, 2.75) is 65.0 Å². The molecule has 0 spiro atoms. The fraction of sp³-hybridized carbons (Fsp3) is 0.500. The van der Waals surface area contributed by atoms with Gasteiger partial charge in [0.15, 0.2) is 9.84 Å². The molecule has 1 fully saturated rings. The van der Waals surface area contributed by atoms with E-state index in [-0.39, 0.29) is 28.9 Å². The van der Waals surface area contributed by atoms with Crippen molar-refractivity contribution < 1.29 is 17.9 Å². The minimum absolute atomic E-state index is 0.0248. The third kappa shape index (κ3) is 6.35. The summed E-state index contributed by atoms with van der Waals surface area (Å²) in [4.78, 5) is 15.2. The Hall–Kier alpha value is -2.34. The molecule has 1 unspecified atom stereocenters. The van der Waals surface area contributed by atoms with E-state index < -0.39 is 9.84 Å². The lowest BCUT2D eigenvalue weighted by Gasteiger charge is -2.29. The SMILES string of the molecule is CCCCOc1ccc(C(=O)N(Cc2ccc(C(C)(C)C)cc2)C2CCS(=O)(=O)C2)cc1. The van der Waals surface area contributed by atoms with Gasteiger partial charge in [-0.15, -0.1) is 0 Å². The molecule has 1 atom stereocenters. The minimum atomic E-state index is -3.11. The Labute approximate surface area is 192 Å². The molecular weight excluding hydrogens is 422 g/mol. The third-order valence-corrected chi connectivity index (χ3v) is 7.70. The molecule has 1 saturated heterocycles. The molecule has 0 N–H and O–H groups in total. The van der Waals surface area contributed by atoms with Crippen LogP contribution in [0.1, 0.15) is 68.4 Å². The molecule has 2 aromatic rings. The fourth-order valence-electron chi connectivity index (χ4n) is 3.89. The lowest BCUT2D eigenvalue weighted by Crippen LogP contribution is -2.40. The van der Waals surface area contributed by atoms with Crippen molar-refractivity contribution in [3.63, 3.8) is 0 Å². The van der Waals surface area contributed by atoms with Crippen LogP contribution in [0.4, 0.5) is 0 Å². The lowest BCUT2D eigenvalue weighted by molar-refractivity contribution is 0.0681. The summed E-state index contributed by atoms with van der Waals surface area (Å²) in [7, 11) is -3.11. The van der Waals surface area contributed by atoms with Gasteiger partial charge in [0.2, 0.25) is 0 Å². The fourth-order valence-corrected chi connectivity index (χ4v) is 5.62. The minimum Gasteiger partial charge on any atom is -0.494 e. The van der Waals surface area contributed by atoms with Crippen molar-refractivity contribution in [2.75, 3.05) is 18.1 Å². The second-order valence-corrected chi connectivity index (χ2v) is 11.9. The maximum absolute atomic E-state index is 13.4. The van der Waals surface area contributed by atoms with E-state index in [2.05, 4.69) is 39.8 Å². The summed E-state index contributed by atoms with van der Waals surface area (Å²) < 4.78 is 30.0. The molecule has 0 radical (unpaired) electrons. The van der Waals surface area contributed by atoms with Gasteiger partial charge in [-0.3, -0.25) is 4.79 Å². The van der Waals surface area contributed by atoms with Gasteiger partial charge >= 0.3 is 0 Å². The predicted octanol–water partition coefficient (Wildman–Crippen LogP) is 4.99. The van der Waals surface area contributed by atoms with E-state index in [0.29, 0.717) is 25.1 Å². The molecule has 1 heterocycles. The summed E-state index contributed by atoms with van der Waals surface area (Å²) in [6, 6.07) is 15.1. The topological polar surface area (TPSA) is 63.7 Å². The van der Waals surface area contributed by atoms with Crippen LogP contribution in [0.5, 0.6) is 5.75 Å². The zero-order valence-corrected chi connectivity index (χ0v) is 20.5. The largest absolute Gasteiger partial charge is 0.494 e. The second kappa shape index (κ2) is 10.1. The average molecular weight is 458 g/mol. The molecule has 2 aromatic carbocycles. The number of unbranched alkanes of at least 4 members (excludes halogenated alkanes) is 1. The summed E-state index contributed by atoms with van der Waals surface area (Å²) >= 11 is 0. The normalized spacial score (nSPS) is 17.8. The first-order chi connectivity index (χ1) is 15.1. The number of carbonyl (C=O) groups is 1. The average Bonchev–Trinajstić information content (AvgIpc) is 3.11. The number of ether oxygens (including phenoxy) is 1. The summed E-state index contributed by atoms with van der Waals surface area (Å²) in [5, 5.41) is 0. The van der Waals surface area contributed by atoms with Gasteiger partial charge in [-0.05, 0) is 53.6 Å². The Morgan fingerprint density at radius 2 is 1.72 bits per heavy atom. The number of hydrogen-bond donors (Lipinski definition) is 0. The van der Waals surface area contributed by atoms with Crippen molar-refractivity contribution in [1.29, 1.82) is 0 Å². The highest BCUT2D eigenvalue weighted by molar-refractivity contribution is 7.91. The molecule has 0 aliphatic carbocycles. The van der Waals surface area contributed by atoms with Gasteiger partial charge in [-0.2, -0.15) is 0 Å². The summed E-state index contributed by atoms with van der Waals surface area (Å²) in [6.07, 6.45) is 2.53. The molecule has 0 saturated carbocycles. The standard InChI is InChI=1S/C26H35NO4S/c1-5-6-16-31-24-13-9-21(10-14-24)25(28)27(23-15-17-32(29,30)19-23)18-20-7-11-22(12-8-20)26(2,3)4/h7-14,23H,5-6,15-19H2,1-4H3. The number of rotatable bonds is 8. The Morgan fingerprint density at radius 1 is 1.06 bits per heavy atom. The van der Waals surface area contributed by atoms with Crippen LogP contribution in [-0.2, 0) is 21.8 Å². The van der Waals surface area contributed by atoms with Gasteiger partial charge in [0.1, 0.15) is 5.75 Å². The summed E-state index contributed by atoms with van der Waals surface area (Å²) in [6.45, 7) is 9.64. The van der Waals surface area contributed by atoms with E-state index in [4.69, 9.17) is 4.74 Å². The Kier molecular flexibility index (Phi) is 7.65. The smallest absolute Gasteiger partial charge is 0.254 e. The van der Waals surface area contributed by atoms with Gasteiger partial charge in [-0.1, -0.05) is 58.4 Å². The van der Waals surface area contributed by atoms with Crippen LogP contribution in [0, 0.1) is 0 Å². The maximum Gasteiger partial charge on any atom is 0.254 e. The maximum atomic E-state index is 13.4. The summed E-state index contributed by atoms with van der Waals surface area (Å²) in [5.41, 5.74) is 2.81. The zero-order chi connectivity index (χ0) is 23.4. The van der Waals surface area contributed by atoms with Gasteiger partial charge in [0, 0.05) is 18.2 Å². The quantitative estimate of drug-likeness (QED) is 0.524. The molecule has 6 heteroatoms. The lowest BCUT2D eigenvalue weighted by atomic mass is 9.86. The van der Waals surface area contributed by atoms with Gasteiger partial charge in [0.05, 0.1) is 18.1 Å². The highest BCUT2D eigenvalue weighted by Crippen LogP contribution is 2.26. The van der Waals surface area contributed by atoms with E-state index in [0.717, 1.165) is 24.2 Å². The number of benzene rings is 2. The van der Waals surface area contributed by atoms with Crippen molar-refractivity contribution in [2.24, 2.45) is 0 Å². The number of hydrogen-bond acceptors (Lipinski definition) is 4. The molecule has 3 rings (SSSR count). The molecule has 174 valence electrons. The van der Waals surface area contributed by atoms with Crippen LogP contribution >= 0.6 is 0 Å². The van der Waals surface area contributed by atoms with Crippen LogP contribution in [0.2, 0.25) is 0 Å². The second-order valence-electron chi connectivity index (χ2n) is 9.66. The molecule has 32 heavy (non-hydrogen) atoms. The van der Waals surface area contributed by atoms with E-state index >= 15 is 0 Å². The molecule has 1 aliphatic heterocycles.